The maximum atomic E-state index is 12.8. The van der Waals surface area contributed by atoms with Crippen molar-refractivity contribution in [2.24, 2.45) is 7.05 Å². The van der Waals surface area contributed by atoms with E-state index in [1.807, 2.05) is 83.6 Å². The quantitative estimate of drug-likeness (QED) is 0.155. The topological polar surface area (TPSA) is 104 Å². The summed E-state index contributed by atoms with van der Waals surface area (Å²) < 4.78 is 9.11. The summed E-state index contributed by atoms with van der Waals surface area (Å²) in [5, 5.41) is 28.6. The van der Waals surface area contributed by atoms with Gasteiger partial charge in [0, 0.05) is 65.2 Å². The Bertz CT molecular complexity index is 2120. The van der Waals surface area contributed by atoms with Crippen LogP contribution in [0.3, 0.4) is 0 Å². The smallest absolute Gasteiger partial charge is 0.337 e. The third kappa shape index (κ3) is 7.13. The molecule has 3 aromatic carbocycles. The number of hydrogen-bond donors (Lipinski definition) is 2. The number of aromatic nitrogens is 3. The third-order valence-electron chi connectivity index (χ3n) is 11.0. The lowest BCUT2D eigenvalue weighted by Crippen LogP contribution is -2.65. The Hall–Kier alpha value is -3.38. The number of thiazole rings is 1. The van der Waals surface area contributed by atoms with Crippen LogP contribution in [0.4, 0.5) is 0 Å². The first kappa shape index (κ1) is 37.0. The van der Waals surface area contributed by atoms with Gasteiger partial charge in [-0.2, -0.15) is 5.10 Å². The molecule has 2 saturated heterocycles. The van der Waals surface area contributed by atoms with Crippen molar-refractivity contribution < 1.29 is 19.7 Å². The minimum absolute atomic E-state index is 0.144. The number of ether oxygens (including phenoxy) is 1. The number of rotatable bonds is 9. The fraction of sp³-hybridized carbons (Fsp3) is 0.488. The summed E-state index contributed by atoms with van der Waals surface area (Å²) in [4.78, 5) is 22.9. The van der Waals surface area contributed by atoms with E-state index in [4.69, 9.17) is 26.4 Å². The van der Waals surface area contributed by atoms with Gasteiger partial charge in [-0.25, -0.2) is 9.78 Å². The summed E-state index contributed by atoms with van der Waals surface area (Å²) in [7, 11) is 2.02. The molecule has 9 nitrogen and oxygen atoms in total. The molecule has 5 aromatic rings. The van der Waals surface area contributed by atoms with E-state index in [1.54, 1.807) is 11.3 Å². The number of carbonyl (C=O) groups is 1. The summed E-state index contributed by atoms with van der Waals surface area (Å²) in [6.07, 6.45) is 0.951. The molecule has 52 heavy (non-hydrogen) atoms. The van der Waals surface area contributed by atoms with Crippen LogP contribution in [0, 0.1) is 6.92 Å². The molecule has 0 amide bonds. The molecule has 0 bridgehead atoms. The van der Waals surface area contributed by atoms with Crippen LogP contribution < -0.4 is 0 Å². The number of piperidine rings is 1. The highest BCUT2D eigenvalue weighted by molar-refractivity contribution is 7.22. The number of carboxylic acids is 1. The van der Waals surface area contributed by atoms with Gasteiger partial charge in [-0.1, -0.05) is 23.7 Å². The summed E-state index contributed by atoms with van der Waals surface area (Å²) in [5.74, 6) is -0.665. The fourth-order valence-electron chi connectivity index (χ4n) is 7.91. The number of carboxylic acid groups (broad SMARTS) is 1. The first-order valence-electron chi connectivity index (χ1n) is 18.3. The Morgan fingerprint density at radius 1 is 1.02 bits per heavy atom. The van der Waals surface area contributed by atoms with Gasteiger partial charge in [0.15, 0.2) is 6.10 Å². The van der Waals surface area contributed by atoms with Crippen molar-refractivity contribution in [3.63, 3.8) is 0 Å². The lowest BCUT2D eigenvalue weighted by Gasteiger charge is -2.51. The average molecular weight is 744 g/mol. The minimum atomic E-state index is -1.17. The van der Waals surface area contributed by atoms with Gasteiger partial charge in [-0.3, -0.25) is 14.5 Å². The Balaban J connectivity index is 1.21. The molecule has 2 N–H and O–H groups in total. The van der Waals surface area contributed by atoms with Crippen LogP contribution in [-0.2, 0) is 16.6 Å². The number of nitrogens with zero attached hydrogens (tertiary/aromatic N) is 5. The number of likely N-dealkylation sites (tertiary alicyclic amines) is 2. The monoisotopic (exact) mass is 743 g/mol. The third-order valence-corrected chi connectivity index (χ3v) is 12.4. The van der Waals surface area contributed by atoms with Crippen molar-refractivity contribution in [1.29, 1.82) is 0 Å². The largest absolute Gasteiger partial charge is 0.479 e. The Kier molecular flexibility index (Phi) is 9.80. The van der Waals surface area contributed by atoms with Gasteiger partial charge in [0.25, 0.3) is 0 Å². The number of hydrogen-bond acceptors (Lipinski definition) is 8. The number of fused-ring (bicyclic) bond motifs is 2. The first-order valence-corrected chi connectivity index (χ1v) is 19.5. The lowest BCUT2D eigenvalue weighted by molar-refractivity contribution is -0.160. The second-order valence-corrected chi connectivity index (χ2v) is 17.7. The summed E-state index contributed by atoms with van der Waals surface area (Å²) >= 11 is 7.88. The zero-order valence-electron chi connectivity index (χ0n) is 31.4. The van der Waals surface area contributed by atoms with Crippen molar-refractivity contribution in [2.75, 3.05) is 26.2 Å². The molecule has 0 saturated carbocycles. The molecule has 0 spiro atoms. The van der Waals surface area contributed by atoms with E-state index >= 15 is 0 Å². The molecular formula is C41H50ClN5O4S. The van der Waals surface area contributed by atoms with Crippen molar-refractivity contribution in [2.45, 2.75) is 96.6 Å². The summed E-state index contributed by atoms with van der Waals surface area (Å²) in [6.45, 7) is 17.6. The molecule has 276 valence electrons. The molecule has 2 aromatic heterocycles. The maximum absolute atomic E-state index is 12.8. The standard InChI is InChI=1S/C41H50ClN5O4S/c1-23-19-31-37(34(25-9-12-28(42)13-10-25)33(23)36(39(48)49)51-40(3,4)5)52-38(43-31)27-11-14-32-30(20-27)35(44-45(32)8)26-15-17-46(18-16-26)29-21-47(22-29)24(2)41(6,7)50/h9-14,19-20,24,26,29,36,50H,15-18,21-22H2,1-8H3,(H,48,49)/t24?,36-/m0/s1. The number of aliphatic hydroxyl groups is 1. The van der Waals surface area contributed by atoms with Crippen LogP contribution in [0.1, 0.15) is 83.2 Å². The summed E-state index contributed by atoms with van der Waals surface area (Å²) in [6, 6.07) is 16.7. The second kappa shape index (κ2) is 13.8. The fourth-order valence-corrected chi connectivity index (χ4v) is 9.16. The normalized spacial score (nSPS) is 18.3. The molecule has 2 fully saturated rings. The Labute approximate surface area is 315 Å². The number of benzene rings is 3. The van der Waals surface area contributed by atoms with Crippen LogP contribution in [-0.4, -0.2) is 90.2 Å². The van der Waals surface area contributed by atoms with Gasteiger partial charge in [-0.05, 0) is 122 Å². The molecule has 11 heteroatoms. The Morgan fingerprint density at radius 2 is 1.67 bits per heavy atom. The zero-order valence-corrected chi connectivity index (χ0v) is 33.0. The van der Waals surface area contributed by atoms with Crippen molar-refractivity contribution in [1.82, 2.24) is 24.6 Å². The number of halogens is 1. The van der Waals surface area contributed by atoms with E-state index in [1.165, 1.54) is 0 Å². The van der Waals surface area contributed by atoms with Crippen LogP contribution in [0.5, 0.6) is 0 Å². The zero-order chi connectivity index (χ0) is 37.3. The van der Waals surface area contributed by atoms with E-state index in [0.29, 0.717) is 22.5 Å². The first-order chi connectivity index (χ1) is 24.5. The molecule has 0 aliphatic carbocycles. The number of aliphatic carboxylic acids is 1. The van der Waals surface area contributed by atoms with E-state index in [9.17, 15) is 15.0 Å². The lowest BCUT2D eigenvalue weighted by atomic mass is 9.89. The van der Waals surface area contributed by atoms with E-state index in [0.717, 1.165) is 93.1 Å². The van der Waals surface area contributed by atoms with Crippen molar-refractivity contribution in [3.8, 4) is 21.7 Å². The van der Waals surface area contributed by atoms with Crippen LogP contribution in [0.15, 0.2) is 48.5 Å². The minimum Gasteiger partial charge on any atom is -0.479 e. The maximum Gasteiger partial charge on any atom is 0.337 e. The van der Waals surface area contributed by atoms with Crippen LogP contribution in [0.25, 0.3) is 42.8 Å². The predicted molar refractivity (Wildman–Crippen MR) is 210 cm³/mol. The molecule has 7 rings (SSSR count). The Morgan fingerprint density at radius 3 is 2.29 bits per heavy atom. The molecule has 1 unspecified atom stereocenters. The van der Waals surface area contributed by atoms with Gasteiger partial charge in [0.05, 0.1) is 32.6 Å². The van der Waals surface area contributed by atoms with Crippen LogP contribution in [0.2, 0.25) is 5.02 Å². The highest BCUT2D eigenvalue weighted by atomic mass is 35.5. The van der Waals surface area contributed by atoms with E-state index < -0.39 is 23.3 Å². The van der Waals surface area contributed by atoms with Crippen molar-refractivity contribution >= 4 is 50.0 Å². The van der Waals surface area contributed by atoms with Gasteiger partial charge < -0.3 is 14.9 Å². The van der Waals surface area contributed by atoms with Gasteiger partial charge in [-0.15, -0.1) is 11.3 Å². The van der Waals surface area contributed by atoms with Crippen molar-refractivity contribution in [3.05, 3.63) is 70.4 Å². The average Bonchev–Trinajstić information content (AvgIpc) is 3.62. The highest BCUT2D eigenvalue weighted by Gasteiger charge is 2.40. The van der Waals surface area contributed by atoms with Crippen LogP contribution >= 0.6 is 22.9 Å². The molecule has 4 heterocycles. The summed E-state index contributed by atoms with van der Waals surface area (Å²) in [5.41, 5.74) is 5.81. The predicted octanol–water partition coefficient (Wildman–Crippen LogP) is 8.44. The molecular weight excluding hydrogens is 694 g/mol. The van der Waals surface area contributed by atoms with Gasteiger partial charge in [0.1, 0.15) is 5.01 Å². The highest BCUT2D eigenvalue weighted by Crippen LogP contribution is 2.45. The van der Waals surface area contributed by atoms with Gasteiger partial charge >= 0.3 is 5.97 Å². The second-order valence-electron chi connectivity index (χ2n) is 16.3. The number of aryl methyl sites for hydroxylation is 2. The molecule has 2 atom stereocenters. The molecule has 2 aliphatic heterocycles. The van der Waals surface area contributed by atoms with Gasteiger partial charge in [0.2, 0.25) is 0 Å². The molecule has 0 radical (unpaired) electrons. The van der Waals surface area contributed by atoms with E-state index in [2.05, 4.69) is 34.9 Å². The SMILES string of the molecule is Cc1cc2nc(-c3ccc4c(c3)c(C3CCN(C5CN(C(C)C(C)(C)O)C5)CC3)nn4C)sc2c(-c2ccc(Cl)cc2)c1[C@H](OC(C)(C)C)C(=O)O. The van der Waals surface area contributed by atoms with E-state index in [-0.39, 0.29) is 6.04 Å². The molecule has 2 aliphatic rings.